The fourth-order valence-corrected chi connectivity index (χ4v) is 2.93. The Labute approximate surface area is 119 Å². The molecule has 0 saturated heterocycles. The molecule has 0 bridgehead atoms. The van der Waals surface area contributed by atoms with Gasteiger partial charge < -0.3 is 5.11 Å². The van der Waals surface area contributed by atoms with Crippen LogP contribution in [0, 0.1) is 0 Å². The zero-order valence-electron chi connectivity index (χ0n) is 11.6. The largest absolute Gasteiger partial charge is 0.481 e. The van der Waals surface area contributed by atoms with Crippen LogP contribution in [0.4, 0.5) is 0 Å². The molecule has 0 spiro atoms. The molecule has 0 fully saturated rings. The molecule has 7 nitrogen and oxygen atoms in total. The lowest BCUT2D eigenvalue weighted by Gasteiger charge is -2.25. The molecule has 1 heterocycles. The van der Waals surface area contributed by atoms with E-state index in [-0.39, 0.29) is 26.1 Å². The molecule has 0 aliphatic rings. The van der Waals surface area contributed by atoms with Gasteiger partial charge >= 0.3 is 5.97 Å². The highest BCUT2D eigenvalue weighted by atomic mass is 32.2. The van der Waals surface area contributed by atoms with E-state index >= 15 is 0 Å². The van der Waals surface area contributed by atoms with E-state index in [0.717, 1.165) is 4.31 Å². The summed E-state index contributed by atoms with van der Waals surface area (Å²) in [6.07, 6.45) is 1.38. The molecule has 0 aliphatic heterocycles. The van der Waals surface area contributed by atoms with Crippen molar-refractivity contribution in [1.29, 1.82) is 0 Å². The number of aromatic nitrogens is 1. The lowest BCUT2D eigenvalue weighted by molar-refractivity contribution is -0.137. The molecule has 8 heteroatoms. The Bertz CT molecular complexity index is 533. The second kappa shape index (κ2) is 7.32. The smallest absolute Gasteiger partial charge is 0.304 e. The topological polar surface area (TPSA) is 90.8 Å². The van der Waals surface area contributed by atoms with Crippen molar-refractivity contribution in [1.82, 2.24) is 13.6 Å². The first kappa shape index (κ1) is 16.5. The van der Waals surface area contributed by atoms with Crippen LogP contribution in [-0.2, 0) is 21.5 Å². The molecular formula is C12H19N3O4S. The van der Waals surface area contributed by atoms with Crippen LogP contribution < -0.4 is 0 Å². The van der Waals surface area contributed by atoms with Gasteiger partial charge in [-0.05, 0) is 12.1 Å². The van der Waals surface area contributed by atoms with E-state index in [2.05, 4.69) is 4.98 Å². The summed E-state index contributed by atoms with van der Waals surface area (Å²) in [5.41, 5.74) is 0.643. The Kier molecular flexibility index (Phi) is 6.05. The Hall–Kier alpha value is -1.51. The van der Waals surface area contributed by atoms with E-state index < -0.39 is 16.2 Å². The van der Waals surface area contributed by atoms with E-state index in [4.69, 9.17) is 5.11 Å². The van der Waals surface area contributed by atoms with Crippen molar-refractivity contribution in [3.05, 3.63) is 30.1 Å². The maximum atomic E-state index is 12.3. The summed E-state index contributed by atoms with van der Waals surface area (Å²) >= 11 is 0. The fraction of sp³-hybridized carbons (Fsp3) is 0.500. The summed E-state index contributed by atoms with van der Waals surface area (Å²) in [5, 5.41) is 8.61. The summed E-state index contributed by atoms with van der Waals surface area (Å²) in [4.78, 5) is 14.6. The highest BCUT2D eigenvalue weighted by molar-refractivity contribution is 7.86. The summed E-state index contributed by atoms with van der Waals surface area (Å²) in [7, 11) is -2.31. The van der Waals surface area contributed by atoms with Crippen LogP contribution in [0.25, 0.3) is 0 Å². The zero-order chi connectivity index (χ0) is 15.2. The molecule has 0 aliphatic carbocycles. The molecule has 0 aromatic carbocycles. The standard InChI is InChI=1S/C12H19N3O4S/c1-3-15(10-11-6-4-5-8-13-11)20(18,19)14(2)9-7-12(16)17/h4-6,8H,3,7,9-10H2,1-2H3,(H,16,17). The van der Waals surface area contributed by atoms with E-state index in [0.29, 0.717) is 5.69 Å². The third-order valence-electron chi connectivity index (χ3n) is 2.78. The normalized spacial score (nSPS) is 12.0. The molecule has 20 heavy (non-hydrogen) atoms. The Balaban J connectivity index is 2.79. The minimum absolute atomic E-state index is 0.0591. The fourth-order valence-electron chi connectivity index (χ4n) is 1.59. The van der Waals surface area contributed by atoms with Crippen LogP contribution in [0.5, 0.6) is 0 Å². The Morgan fingerprint density at radius 1 is 1.40 bits per heavy atom. The van der Waals surface area contributed by atoms with Gasteiger partial charge in [-0.15, -0.1) is 0 Å². The third-order valence-corrected chi connectivity index (χ3v) is 4.79. The van der Waals surface area contributed by atoms with Gasteiger partial charge in [0.05, 0.1) is 18.7 Å². The van der Waals surface area contributed by atoms with E-state index in [1.807, 2.05) is 0 Å². The number of hydrogen-bond donors (Lipinski definition) is 1. The maximum absolute atomic E-state index is 12.3. The number of carbonyl (C=O) groups is 1. The quantitative estimate of drug-likeness (QED) is 0.757. The van der Waals surface area contributed by atoms with Gasteiger partial charge in [0.15, 0.2) is 0 Å². The average Bonchev–Trinajstić information content (AvgIpc) is 2.42. The van der Waals surface area contributed by atoms with E-state index in [1.54, 1.807) is 31.3 Å². The highest BCUT2D eigenvalue weighted by Gasteiger charge is 2.26. The molecule has 1 rings (SSSR count). The van der Waals surface area contributed by atoms with Crippen molar-refractivity contribution in [3.8, 4) is 0 Å². The lowest BCUT2D eigenvalue weighted by atomic mass is 10.3. The predicted molar refractivity (Wildman–Crippen MR) is 74.1 cm³/mol. The van der Waals surface area contributed by atoms with Gasteiger partial charge in [-0.25, -0.2) is 0 Å². The molecule has 0 atom stereocenters. The lowest BCUT2D eigenvalue weighted by Crippen LogP contribution is -2.42. The Morgan fingerprint density at radius 2 is 2.10 bits per heavy atom. The van der Waals surface area contributed by atoms with Crippen LogP contribution in [-0.4, -0.2) is 53.2 Å². The van der Waals surface area contributed by atoms with Crippen molar-refractivity contribution < 1.29 is 18.3 Å². The summed E-state index contributed by atoms with van der Waals surface area (Å²) in [6, 6.07) is 5.29. The summed E-state index contributed by atoms with van der Waals surface area (Å²) in [6.45, 7) is 2.12. The van der Waals surface area contributed by atoms with Gasteiger partial charge in [-0.3, -0.25) is 9.78 Å². The van der Waals surface area contributed by atoms with Gasteiger partial charge in [0.1, 0.15) is 0 Å². The third kappa shape index (κ3) is 4.55. The van der Waals surface area contributed by atoms with Crippen LogP contribution in [0.3, 0.4) is 0 Å². The van der Waals surface area contributed by atoms with Crippen molar-refractivity contribution in [2.75, 3.05) is 20.1 Å². The van der Waals surface area contributed by atoms with Crippen molar-refractivity contribution in [3.63, 3.8) is 0 Å². The van der Waals surface area contributed by atoms with Crippen molar-refractivity contribution in [2.24, 2.45) is 0 Å². The first-order valence-corrected chi connectivity index (χ1v) is 7.60. The number of pyridine rings is 1. The van der Waals surface area contributed by atoms with Gasteiger partial charge in [-0.2, -0.15) is 17.0 Å². The Morgan fingerprint density at radius 3 is 2.60 bits per heavy atom. The van der Waals surface area contributed by atoms with Gasteiger partial charge in [-0.1, -0.05) is 13.0 Å². The minimum Gasteiger partial charge on any atom is -0.481 e. The molecule has 1 N–H and O–H groups in total. The summed E-state index contributed by atoms with van der Waals surface area (Å²) < 4.78 is 26.9. The number of carboxylic acid groups (broad SMARTS) is 1. The van der Waals surface area contributed by atoms with E-state index in [9.17, 15) is 13.2 Å². The molecule has 112 valence electrons. The molecule has 0 radical (unpaired) electrons. The van der Waals surface area contributed by atoms with Crippen molar-refractivity contribution in [2.45, 2.75) is 19.9 Å². The van der Waals surface area contributed by atoms with Crippen LogP contribution in [0.2, 0.25) is 0 Å². The maximum Gasteiger partial charge on any atom is 0.304 e. The summed E-state index contributed by atoms with van der Waals surface area (Å²) in [5.74, 6) is -1.03. The monoisotopic (exact) mass is 301 g/mol. The molecular weight excluding hydrogens is 282 g/mol. The zero-order valence-corrected chi connectivity index (χ0v) is 12.4. The number of rotatable bonds is 8. The first-order valence-electron chi connectivity index (χ1n) is 6.21. The first-order chi connectivity index (χ1) is 9.37. The van der Waals surface area contributed by atoms with Crippen LogP contribution in [0.1, 0.15) is 19.0 Å². The van der Waals surface area contributed by atoms with E-state index in [1.165, 1.54) is 11.4 Å². The second-order valence-electron chi connectivity index (χ2n) is 4.22. The number of nitrogens with zero attached hydrogens (tertiary/aromatic N) is 3. The van der Waals surface area contributed by atoms with Gasteiger partial charge in [0.25, 0.3) is 10.2 Å². The molecule has 0 unspecified atom stereocenters. The van der Waals surface area contributed by atoms with Gasteiger partial charge in [0, 0.05) is 26.3 Å². The number of carboxylic acids is 1. The average molecular weight is 301 g/mol. The number of aliphatic carboxylic acids is 1. The molecule has 0 saturated carbocycles. The molecule has 1 aromatic rings. The second-order valence-corrected chi connectivity index (χ2v) is 6.26. The number of hydrogen-bond acceptors (Lipinski definition) is 4. The SMILES string of the molecule is CCN(Cc1ccccn1)S(=O)(=O)N(C)CCC(=O)O. The van der Waals surface area contributed by atoms with Crippen molar-refractivity contribution >= 4 is 16.2 Å². The molecule has 1 aromatic heterocycles. The minimum atomic E-state index is -3.68. The predicted octanol–water partition coefficient (Wildman–Crippen LogP) is 0.555. The highest BCUT2D eigenvalue weighted by Crippen LogP contribution is 2.11. The molecule has 0 amide bonds. The van der Waals surface area contributed by atoms with Gasteiger partial charge in [0.2, 0.25) is 0 Å². The van der Waals surface area contributed by atoms with Crippen LogP contribution >= 0.6 is 0 Å². The van der Waals surface area contributed by atoms with Crippen LogP contribution in [0.15, 0.2) is 24.4 Å².